The number of hydrogen-bond donors (Lipinski definition) is 2. The molecule has 0 rings (SSSR count). The largest absolute Gasteiger partial charge is 0.465 e. The third-order valence-corrected chi connectivity index (χ3v) is 2.74. The predicted molar refractivity (Wildman–Crippen MR) is 50.9 cm³/mol. The van der Waals surface area contributed by atoms with Gasteiger partial charge in [-0.05, 0) is 13.8 Å². The molecule has 0 aromatic rings. The molecule has 6 nitrogen and oxygen atoms in total. The lowest BCUT2D eigenvalue weighted by atomic mass is 10.4. The van der Waals surface area contributed by atoms with E-state index in [9.17, 15) is 14.3 Å². The van der Waals surface area contributed by atoms with Crippen LogP contribution in [0.5, 0.6) is 0 Å². The van der Waals surface area contributed by atoms with E-state index in [4.69, 9.17) is 0 Å². The van der Waals surface area contributed by atoms with Crippen molar-refractivity contribution in [2.75, 3.05) is 20.1 Å². The number of rotatable bonds is 6. The van der Waals surface area contributed by atoms with Crippen LogP contribution in [0.25, 0.3) is 0 Å². The van der Waals surface area contributed by atoms with Gasteiger partial charge in [0.05, 0.1) is 6.61 Å². The summed E-state index contributed by atoms with van der Waals surface area (Å²) < 4.78 is 20.4. The van der Waals surface area contributed by atoms with E-state index < -0.39 is 19.5 Å². The summed E-state index contributed by atoms with van der Waals surface area (Å²) in [6.07, 6.45) is -0.337. The molecule has 84 valence electrons. The summed E-state index contributed by atoms with van der Waals surface area (Å²) in [6, 6.07) is -0.819. The van der Waals surface area contributed by atoms with Crippen molar-refractivity contribution in [3.05, 3.63) is 0 Å². The van der Waals surface area contributed by atoms with Crippen LogP contribution in [-0.4, -0.2) is 37.0 Å². The molecular weight excluding hydrogens is 209 g/mol. The molecule has 1 unspecified atom stereocenters. The van der Waals surface area contributed by atoms with Crippen LogP contribution in [0.2, 0.25) is 0 Å². The van der Waals surface area contributed by atoms with Crippen molar-refractivity contribution < 1.29 is 23.7 Å². The normalized spacial score (nSPS) is 17.1. The summed E-state index contributed by atoms with van der Waals surface area (Å²) in [5.41, 5.74) is 0. The Bertz CT molecular complexity index is 232. The molecular formula is C7H16NO5P. The fourth-order valence-electron chi connectivity index (χ4n) is 0.835. The van der Waals surface area contributed by atoms with E-state index in [-0.39, 0.29) is 13.0 Å². The molecule has 0 aliphatic rings. The third kappa shape index (κ3) is 5.34. The predicted octanol–water partition coefficient (Wildman–Crippen LogP) is 0.317. The number of nitrogens with one attached hydrogen (secondary N) is 1. The standard InChI is InChI=1S/C7H16NO5P/c1-4-13-7(9)6(2)8-14(10,11)5-12-3/h6H,4-5H2,1-3H3,(H2,8,10,11)/t6-/m0/s1. The zero-order valence-corrected chi connectivity index (χ0v) is 9.41. The third-order valence-electron chi connectivity index (χ3n) is 1.34. The van der Waals surface area contributed by atoms with Crippen molar-refractivity contribution in [3.8, 4) is 0 Å². The molecule has 0 aromatic heterocycles. The van der Waals surface area contributed by atoms with Crippen molar-refractivity contribution in [3.63, 3.8) is 0 Å². The van der Waals surface area contributed by atoms with E-state index in [0.717, 1.165) is 0 Å². The van der Waals surface area contributed by atoms with E-state index in [1.54, 1.807) is 6.92 Å². The van der Waals surface area contributed by atoms with Gasteiger partial charge in [-0.2, -0.15) is 0 Å². The Morgan fingerprint density at radius 2 is 2.21 bits per heavy atom. The highest BCUT2D eigenvalue weighted by molar-refractivity contribution is 7.55. The molecule has 0 saturated heterocycles. The second-order valence-corrected chi connectivity index (χ2v) is 4.64. The summed E-state index contributed by atoms with van der Waals surface area (Å²) in [5.74, 6) is -0.558. The highest BCUT2D eigenvalue weighted by atomic mass is 31.2. The number of carbonyl (C=O) groups excluding carboxylic acids is 1. The summed E-state index contributed by atoms with van der Waals surface area (Å²) in [4.78, 5) is 20.3. The van der Waals surface area contributed by atoms with Crippen molar-refractivity contribution in [1.29, 1.82) is 0 Å². The first kappa shape index (κ1) is 13.6. The fourth-order valence-corrected chi connectivity index (χ4v) is 1.97. The lowest BCUT2D eigenvalue weighted by Crippen LogP contribution is -2.34. The number of carbonyl (C=O) groups is 1. The van der Waals surface area contributed by atoms with Crippen LogP contribution < -0.4 is 5.09 Å². The SMILES string of the molecule is CCOC(=O)[C@H](C)NP(=O)(O)COC. The average Bonchev–Trinajstić information content (AvgIpc) is 2.03. The van der Waals surface area contributed by atoms with E-state index in [0.29, 0.717) is 0 Å². The first-order chi connectivity index (χ1) is 6.43. The molecule has 0 aliphatic carbocycles. The maximum absolute atomic E-state index is 11.2. The van der Waals surface area contributed by atoms with Gasteiger partial charge >= 0.3 is 5.97 Å². The highest BCUT2D eigenvalue weighted by Crippen LogP contribution is 2.35. The molecule has 0 aliphatic heterocycles. The van der Waals surface area contributed by atoms with E-state index >= 15 is 0 Å². The van der Waals surface area contributed by atoms with Gasteiger partial charge in [0.15, 0.2) is 0 Å². The van der Waals surface area contributed by atoms with Crippen LogP contribution in [0.3, 0.4) is 0 Å². The lowest BCUT2D eigenvalue weighted by Gasteiger charge is -2.16. The van der Waals surface area contributed by atoms with E-state index in [1.165, 1.54) is 14.0 Å². The van der Waals surface area contributed by atoms with Crippen LogP contribution in [0.4, 0.5) is 0 Å². The molecule has 14 heavy (non-hydrogen) atoms. The Kier molecular flexibility index (Phi) is 5.95. The van der Waals surface area contributed by atoms with Gasteiger partial charge in [-0.3, -0.25) is 9.36 Å². The molecule has 2 atom stereocenters. The molecule has 0 bridgehead atoms. The monoisotopic (exact) mass is 225 g/mol. The molecule has 7 heteroatoms. The molecule has 2 N–H and O–H groups in total. The number of hydrogen-bond acceptors (Lipinski definition) is 4. The maximum Gasteiger partial charge on any atom is 0.323 e. The van der Waals surface area contributed by atoms with Gasteiger partial charge in [-0.25, -0.2) is 5.09 Å². The van der Waals surface area contributed by atoms with E-state index in [2.05, 4.69) is 14.6 Å². The van der Waals surface area contributed by atoms with Crippen molar-refractivity contribution >= 4 is 13.5 Å². The molecule has 0 radical (unpaired) electrons. The molecule has 0 spiro atoms. The van der Waals surface area contributed by atoms with Crippen molar-refractivity contribution in [1.82, 2.24) is 5.09 Å². The van der Waals surface area contributed by atoms with Crippen LogP contribution in [0.1, 0.15) is 13.8 Å². The Hall–Kier alpha value is -0.420. The Morgan fingerprint density at radius 3 is 2.64 bits per heavy atom. The van der Waals surface area contributed by atoms with Gasteiger partial charge in [0, 0.05) is 7.11 Å². The second kappa shape index (κ2) is 6.14. The minimum atomic E-state index is -3.60. The maximum atomic E-state index is 11.2. The van der Waals surface area contributed by atoms with Gasteiger partial charge in [0.1, 0.15) is 12.4 Å². The van der Waals surface area contributed by atoms with E-state index in [1.807, 2.05) is 0 Å². The van der Waals surface area contributed by atoms with Crippen LogP contribution in [0, 0.1) is 0 Å². The minimum Gasteiger partial charge on any atom is -0.465 e. The van der Waals surface area contributed by atoms with Gasteiger partial charge in [0.25, 0.3) is 7.52 Å². The molecule has 0 fully saturated rings. The average molecular weight is 225 g/mol. The summed E-state index contributed by atoms with van der Waals surface area (Å²) >= 11 is 0. The topological polar surface area (TPSA) is 84.9 Å². The van der Waals surface area contributed by atoms with Crippen molar-refractivity contribution in [2.45, 2.75) is 19.9 Å². The first-order valence-corrected chi connectivity index (χ1v) is 6.02. The second-order valence-electron chi connectivity index (χ2n) is 2.72. The van der Waals surface area contributed by atoms with Gasteiger partial charge in [-0.15, -0.1) is 0 Å². The Labute approximate surface area is 83.1 Å². The van der Waals surface area contributed by atoms with Gasteiger partial charge < -0.3 is 14.4 Å². The van der Waals surface area contributed by atoms with Crippen LogP contribution >= 0.6 is 7.52 Å². The molecule has 0 heterocycles. The quantitative estimate of drug-likeness (QED) is 0.500. The summed E-state index contributed by atoms with van der Waals surface area (Å²) in [5, 5.41) is 2.25. The first-order valence-electron chi connectivity index (χ1n) is 4.18. The highest BCUT2D eigenvalue weighted by Gasteiger charge is 2.25. The molecule has 0 saturated carbocycles. The van der Waals surface area contributed by atoms with Gasteiger partial charge in [-0.1, -0.05) is 0 Å². The van der Waals surface area contributed by atoms with Crippen LogP contribution in [-0.2, 0) is 18.8 Å². The fraction of sp³-hybridized carbons (Fsp3) is 0.857. The Morgan fingerprint density at radius 1 is 1.64 bits per heavy atom. The molecule has 0 amide bonds. The number of esters is 1. The number of methoxy groups -OCH3 is 1. The zero-order valence-electron chi connectivity index (χ0n) is 8.52. The smallest absolute Gasteiger partial charge is 0.323 e. The summed E-state index contributed by atoms with van der Waals surface area (Å²) in [7, 11) is -2.29. The van der Waals surface area contributed by atoms with Gasteiger partial charge in [0.2, 0.25) is 0 Å². The summed E-state index contributed by atoms with van der Waals surface area (Å²) in [6.45, 7) is 3.36. The zero-order chi connectivity index (χ0) is 11.2. The minimum absolute atomic E-state index is 0.241. The molecule has 0 aromatic carbocycles. The van der Waals surface area contributed by atoms with Crippen molar-refractivity contribution in [2.24, 2.45) is 0 Å². The van der Waals surface area contributed by atoms with Crippen LogP contribution in [0.15, 0.2) is 0 Å². The lowest BCUT2D eigenvalue weighted by molar-refractivity contribution is -0.144. The Balaban J connectivity index is 4.10. The number of ether oxygens (including phenoxy) is 2.